The average Bonchev–Trinajstić information content (AvgIpc) is 2.59. The molecule has 138 valence electrons. The summed E-state index contributed by atoms with van der Waals surface area (Å²) in [5.74, 6) is -0.670. The van der Waals surface area contributed by atoms with Crippen LogP contribution in [0.25, 0.3) is 0 Å². The number of carbonyl (C=O) groups excluding carboxylic acids is 2. The molecule has 0 fully saturated rings. The highest BCUT2D eigenvalue weighted by Gasteiger charge is 2.16. The van der Waals surface area contributed by atoms with E-state index >= 15 is 0 Å². The highest BCUT2D eigenvalue weighted by Crippen LogP contribution is 2.21. The van der Waals surface area contributed by atoms with E-state index in [4.69, 9.17) is 4.74 Å². The van der Waals surface area contributed by atoms with Gasteiger partial charge in [0.15, 0.2) is 12.4 Å². The summed E-state index contributed by atoms with van der Waals surface area (Å²) in [6.07, 6.45) is 0.803. The highest BCUT2D eigenvalue weighted by molar-refractivity contribution is 5.94. The van der Waals surface area contributed by atoms with Gasteiger partial charge in [-0.3, -0.25) is 9.59 Å². The Morgan fingerprint density at radius 1 is 1.12 bits per heavy atom. The van der Waals surface area contributed by atoms with Gasteiger partial charge in [-0.2, -0.15) is 0 Å². The predicted octanol–water partition coefficient (Wildman–Crippen LogP) is 4.31. The molecule has 0 radical (unpaired) electrons. The van der Waals surface area contributed by atoms with Crippen molar-refractivity contribution in [2.75, 3.05) is 6.61 Å². The standard InChI is InChI=1S/C21H24FNO3/c1-14(2)11-20(16-7-5-4-6-8-16)23-21(25)13-26-17-9-10-18(15(3)24)19(22)12-17/h4-10,12,14,20H,11,13H2,1-3H3,(H,23,25). The van der Waals surface area contributed by atoms with Gasteiger partial charge in [-0.15, -0.1) is 0 Å². The third kappa shape index (κ3) is 5.69. The summed E-state index contributed by atoms with van der Waals surface area (Å²) >= 11 is 0. The van der Waals surface area contributed by atoms with Crippen molar-refractivity contribution in [3.8, 4) is 5.75 Å². The Labute approximate surface area is 153 Å². The first-order valence-corrected chi connectivity index (χ1v) is 8.64. The summed E-state index contributed by atoms with van der Waals surface area (Å²) < 4.78 is 19.2. The van der Waals surface area contributed by atoms with Crippen molar-refractivity contribution in [3.63, 3.8) is 0 Å². The third-order valence-corrected chi connectivity index (χ3v) is 3.93. The van der Waals surface area contributed by atoms with Crippen LogP contribution in [-0.2, 0) is 4.79 Å². The van der Waals surface area contributed by atoms with E-state index < -0.39 is 5.82 Å². The van der Waals surface area contributed by atoms with Gasteiger partial charge in [0.25, 0.3) is 5.91 Å². The van der Waals surface area contributed by atoms with Crippen LogP contribution in [0.5, 0.6) is 5.75 Å². The molecule has 1 amide bonds. The van der Waals surface area contributed by atoms with Crippen molar-refractivity contribution >= 4 is 11.7 Å². The predicted molar refractivity (Wildman–Crippen MR) is 98.7 cm³/mol. The summed E-state index contributed by atoms with van der Waals surface area (Å²) in [6, 6.07) is 13.6. The molecule has 0 aromatic heterocycles. The lowest BCUT2D eigenvalue weighted by Gasteiger charge is -2.21. The van der Waals surface area contributed by atoms with Crippen LogP contribution in [0.3, 0.4) is 0 Å². The number of rotatable bonds is 8. The van der Waals surface area contributed by atoms with E-state index in [9.17, 15) is 14.0 Å². The molecule has 0 heterocycles. The molecule has 2 aromatic rings. The van der Waals surface area contributed by atoms with Gasteiger partial charge < -0.3 is 10.1 Å². The molecule has 0 saturated heterocycles. The van der Waals surface area contributed by atoms with Crippen molar-refractivity contribution in [1.82, 2.24) is 5.32 Å². The Bertz CT molecular complexity index is 759. The molecule has 0 aliphatic rings. The SMILES string of the molecule is CC(=O)c1ccc(OCC(=O)NC(CC(C)C)c2ccccc2)cc1F. The van der Waals surface area contributed by atoms with Crippen LogP contribution < -0.4 is 10.1 Å². The van der Waals surface area contributed by atoms with Gasteiger partial charge in [0.2, 0.25) is 0 Å². The zero-order chi connectivity index (χ0) is 19.1. The number of carbonyl (C=O) groups is 2. The van der Waals surface area contributed by atoms with Gasteiger partial charge in [-0.1, -0.05) is 44.2 Å². The third-order valence-electron chi connectivity index (χ3n) is 3.93. The average molecular weight is 357 g/mol. The molecular formula is C21H24FNO3. The van der Waals surface area contributed by atoms with Crippen LogP contribution in [0, 0.1) is 11.7 Å². The van der Waals surface area contributed by atoms with E-state index in [2.05, 4.69) is 19.2 Å². The van der Waals surface area contributed by atoms with Crippen molar-refractivity contribution in [2.45, 2.75) is 33.2 Å². The smallest absolute Gasteiger partial charge is 0.258 e. The second-order valence-corrected chi connectivity index (χ2v) is 6.65. The van der Waals surface area contributed by atoms with E-state index in [0.29, 0.717) is 5.92 Å². The zero-order valence-corrected chi connectivity index (χ0v) is 15.3. The Morgan fingerprint density at radius 2 is 1.81 bits per heavy atom. The number of ether oxygens (including phenoxy) is 1. The van der Waals surface area contributed by atoms with Gasteiger partial charge in [-0.25, -0.2) is 4.39 Å². The molecule has 1 atom stereocenters. The van der Waals surface area contributed by atoms with Crippen LogP contribution in [-0.4, -0.2) is 18.3 Å². The van der Waals surface area contributed by atoms with E-state index in [-0.39, 0.29) is 35.7 Å². The molecule has 1 unspecified atom stereocenters. The first-order valence-electron chi connectivity index (χ1n) is 8.64. The Hall–Kier alpha value is -2.69. The number of amides is 1. The van der Waals surface area contributed by atoms with Crippen LogP contribution in [0.4, 0.5) is 4.39 Å². The molecule has 0 aliphatic carbocycles. The Morgan fingerprint density at radius 3 is 2.38 bits per heavy atom. The zero-order valence-electron chi connectivity index (χ0n) is 15.3. The minimum Gasteiger partial charge on any atom is -0.484 e. The molecular weight excluding hydrogens is 333 g/mol. The van der Waals surface area contributed by atoms with Crippen molar-refractivity contribution in [3.05, 3.63) is 65.5 Å². The monoisotopic (exact) mass is 357 g/mol. The molecule has 4 nitrogen and oxygen atoms in total. The van der Waals surface area contributed by atoms with Crippen molar-refractivity contribution in [2.24, 2.45) is 5.92 Å². The second-order valence-electron chi connectivity index (χ2n) is 6.65. The van der Waals surface area contributed by atoms with E-state index in [1.165, 1.54) is 19.1 Å². The maximum atomic E-state index is 13.8. The fourth-order valence-corrected chi connectivity index (χ4v) is 2.69. The summed E-state index contributed by atoms with van der Waals surface area (Å²) in [5.41, 5.74) is 1.04. The fraction of sp³-hybridized carbons (Fsp3) is 0.333. The topological polar surface area (TPSA) is 55.4 Å². The van der Waals surface area contributed by atoms with E-state index in [1.54, 1.807) is 0 Å². The molecule has 2 rings (SSSR count). The lowest BCUT2D eigenvalue weighted by molar-refractivity contribution is -0.124. The van der Waals surface area contributed by atoms with Crippen molar-refractivity contribution < 1.29 is 18.7 Å². The van der Waals surface area contributed by atoms with Gasteiger partial charge in [0.05, 0.1) is 11.6 Å². The van der Waals surface area contributed by atoms with Crippen LogP contribution in [0.1, 0.15) is 49.2 Å². The molecule has 26 heavy (non-hydrogen) atoms. The number of nitrogens with one attached hydrogen (secondary N) is 1. The second kappa shape index (κ2) is 9.13. The molecule has 1 N–H and O–H groups in total. The number of hydrogen-bond acceptors (Lipinski definition) is 3. The minimum absolute atomic E-state index is 0.00266. The molecule has 2 aromatic carbocycles. The summed E-state index contributed by atoms with van der Waals surface area (Å²) in [7, 11) is 0. The molecule has 5 heteroatoms. The van der Waals surface area contributed by atoms with Gasteiger partial charge in [0, 0.05) is 6.07 Å². The largest absolute Gasteiger partial charge is 0.484 e. The first-order chi connectivity index (χ1) is 12.4. The number of Topliss-reactive ketones (excluding diaryl/α,β-unsaturated/α-hetero) is 1. The number of benzene rings is 2. The summed E-state index contributed by atoms with van der Waals surface area (Å²) in [4.78, 5) is 23.5. The fourth-order valence-electron chi connectivity index (χ4n) is 2.69. The van der Waals surface area contributed by atoms with Gasteiger partial charge >= 0.3 is 0 Å². The van der Waals surface area contributed by atoms with Crippen molar-refractivity contribution in [1.29, 1.82) is 0 Å². The molecule has 0 spiro atoms. The molecule has 0 saturated carbocycles. The van der Waals surface area contributed by atoms with Gasteiger partial charge in [-0.05, 0) is 37.0 Å². The summed E-state index contributed by atoms with van der Waals surface area (Å²) in [5, 5.41) is 2.97. The van der Waals surface area contributed by atoms with Crippen LogP contribution >= 0.6 is 0 Å². The summed E-state index contributed by atoms with van der Waals surface area (Å²) in [6.45, 7) is 5.26. The Kier molecular flexibility index (Phi) is 6.89. The maximum Gasteiger partial charge on any atom is 0.258 e. The van der Waals surface area contributed by atoms with Crippen LogP contribution in [0.15, 0.2) is 48.5 Å². The van der Waals surface area contributed by atoms with E-state index in [1.807, 2.05) is 30.3 Å². The normalized spacial score (nSPS) is 11.9. The number of ketones is 1. The minimum atomic E-state index is -0.655. The van der Waals surface area contributed by atoms with Crippen LogP contribution in [0.2, 0.25) is 0 Å². The number of hydrogen-bond donors (Lipinski definition) is 1. The quantitative estimate of drug-likeness (QED) is 0.716. The number of halogens is 1. The maximum absolute atomic E-state index is 13.8. The highest BCUT2D eigenvalue weighted by atomic mass is 19.1. The Balaban J connectivity index is 1.98. The first kappa shape index (κ1) is 19.6. The molecule has 0 aliphatic heterocycles. The lowest BCUT2D eigenvalue weighted by Crippen LogP contribution is -2.33. The van der Waals surface area contributed by atoms with E-state index in [0.717, 1.165) is 18.1 Å². The van der Waals surface area contributed by atoms with Gasteiger partial charge in [0.1, 0.15) is 11.6 Å². The lowest BCUT2D eigenvalue weighted by atomic mass is 9.97. The molecule has 0 bridgehead atoms.